The van der Waals surface area contributed by atoms with Crippen LogP contribution in [0.1, 0.15) is 29.2 Å². The van der Waals surface area contributed by atoms with Gasteiger partial charge in [0.25, 0.3) is 0 Å². The van der Waals surface area contributed by atoms with Crippen LogP contribution in [0.25, 0.3) is 34.1 Å². The van der Waals surface area contributed by atoms with Crippen LogP contribution in [-0.2, 0) is 6.42 Å². The molecule has 2 atom stereocenters. The first-order chi connectivity index (χ1) is 15.4. The predicted molar refractivity (Wildman–Crippen MR) is 127 cm³/mol. The van der Waals surface area contributed by atoms with E-state index in [0.717, 1.165) is 18.8 Å². The molecule has 2 aromatic heterocycles. The smallest absolute Gasteiger partial charge is 0.230 e. The molecule has 0 saturated carbocycles. The molecule has 0 fully saturated rings. The van der Waals surface area contributed by atoms with Gasteiger partial charge in [-0.1, -0.05) is 60.7 Å². The molecule has 2 aliphatic carbocycles. The topological polar surface area (TPSA) is 46.5 Å². The number of aromatic amines is 1. The zero-order chi connectivity index (χ0) is 20.4. The van der Waals surface area contributed by atoms with E-state index >= 15 is 0 Å². The molecular weight excluding hydrogens is 400 g/mol. The first kappa shape index (κ1) is 17.4. The summed E-state index contributed by atoms with van der Waals surface area (Å²) in [4.78, 5) is 5.88. The van der Waals surface area contributed by atoms with Crippen LogP contribution in [0.3, 0.4) is 0 Å². The summed E-state index contributed by atoms with van der Waals surface area (Å²) in [5, 5.41) is 8.98. The quantitative estimate of drug-likeness (QED) is 0.429. The molecule has 31 heavy (non-hydrogen) atoms. The third-order valence-corrected chi connectivity index (χ3v) is 8.03. The second-order valence-electron chi connectivity index (χ2n) is 8.28. The fraction of sp³-hybridized carbons (Fsp3) is 0.154. The molecule has 7 rings (SSSR count). The number of nitrogens with zero attached hydrogens (tertiary/aromatic N) is 3. The van der Waals surface area contributed by atoms with E-state index in [1.54, 1.807) is 6.33 Å². The van der Waals surface area contributed by atoms with Gasteiger partial charge in [-0.15, -0.1) is 11.8 Å². The van der Waals surface area contributed by atoms with Gasteiger partial charge in [0.2, 0.25) is 5.95 Å². The van der Waals surface area contributed by atoms with Crippen molar-refractivity contribution in [3.63, 3.8) is 0 Å². The van der Waals surface area contributed by atoms with Gasteiger partial charge in [0.05, 0.1) is 11.2 Å². The molecule has 5 heteroatoms. The minimum absolute atomic E-state index is 0.476. The maximum Gasteiger partial charge on any atom is 0.230 e. The summed E-state index contributed by atoms with van der Waals surface area (Å²) in [6, 6.07) is 13.7. The number of nitrogens with one attached hydrogen (secondary N) is 1. The van der Waals surface area contributed by atoms with Crippen LogP contribution in [-0.4, -0.2) is 25.0 Å². The minimum Gasteiger partial charge on any atom is -0.279 e. The highest BCUT2D eigenvalue weighted by Crippen LogP contribution is 2.51. The van der Waals surface area contributed by atoms with Crippen LogP contribution in [0.15, 0.2) is 78.0 Å². The van der Waals surface area contributed by atoms with E-state index in [4.69, 9.17) is 0 Å². The highest BCUT2D eigenvalue weighted by Gasteiger charge is 2.32. The van der Waals surface area contributed by atoms with Gasteiger partial charge in [-0.2, -0.15) is 10.1 Å². The van der Waals surface area contributed by atoms with Gasteiger partial charge in [-0.3, -0.25) is 4.57 Å². The van der Waals surface area contributed by atoms with E-state index in [-0.39, 0.29) is 0 Å². The molecule has 1 aliphatic heterocycles. The summed E-state index contributed by atoms with van der Waals surface area (Å²) < 4.78 is 2.22. The number of allylic oxidation sites excluding steroid dienone is 4. The lowest BCUT2D eigenvalue weighted by atomic mass is 9.90. The van der Waals surface area contributed by atoms with E-state index in [1.165, 1.54) is 43.7 Å². The highest BCUT2D eigenvalue weighted by molar-refractivity contribution is 8.00. The van der Waals surface area contributed by atoms with Crippen molar-refractivity contribution in [1.29, 1.82) is 0 Å². The van der Waals surface area contributed by atoms with E-state index in [9.17, 15) is 0 Å². The summed E-state index contributed by atoms with van der Waals surface area (Å²) in [5.74, 6) is 1.24. The first-order valence-electron chi connectivity index (χ1n) is 10.7. The Morgan fingerprint density at radius 3 is 3.00 bits per heavy atom. The molecule has 3 aliphatic rings. The Hall–Kier alpha value is -3.31. The molecular formula is C26H20N4S. The van der Waals surface area contributed by atoms with Crippen LogP contribution >= 0.6 is 11.8 Å². The van der Waals surface area contributed by atoms with Crippen LogP contribution in [0, 0.1) is 0 Å². The second kappa shape index (κ2) is 6.59. The summed E-state index contributed by atoms with van der Waals surface area (Å²) in [5.41, 5.74) is 7.81. The Kier molecular flexibility index (Phi) is 3.70. The van der Waals surface area contributed by atoms with Crippen molar-refractivity contribution in [2.24, 2.45) is 0 Å². The fourth-order valence-electron chi connectivity index (χ4n) is 5.23. The summed E-state index contributed by atoms with van der Waals surface area (Å²) in [7, 11) is 0. The average molecular weight is 421 g/mol. The van der Waals surface area contributed by atoms with Crippen molar-refractivity contribution in [2.45, 2.75) is 28.9 Å². The van der Waals surface area contributed by atoms with Gasteiger partial charge in [-0.25, -0.2) is 5.10 Å². The molecule has 4 aromatic rings. The summed E-state index contributed by atoms with van der Waals surface area (Å²) in [6.45, 7) is 0. The van der Waals surface area contributed by atoms with E-state index in [2.05, 4.69) is 92.6 Å². The molecule has 2 aromatic carbocycles. The Labute approximate surface area is 184 Å². The average Bonchev–Trinajstić information content (AvgIpc) is 3.54. The third kappa shape index (κ3) is 2.50. The van der Waals surface area contributed by atoms with Crippen molar-refractivity contribution < 1.29 is 0 Å². The largest absolute Gasteiger partial charge is 0.279 e. The van der Waals surface area contributed by atoms with Gasteiger partial charge < -0.3 is 0 Å². The minimum atomic E-state index is 0.476. The Balaban J connectivity index is 1.45. The molecule has 1 N–H and O–H groups in total. The summed E-state index contributed by atoms with van der Waals surface area (Å²) in [6.07, 6.45) is 17.2. The number of H-pyrrole nitrogens is 1. The van der Waals surface area contributed by atoms with Crippen molar-refractivity contribution in [2.75, 3.05) is 0 Å². The number of rotatable bonds is 2. The van der Waals surface area contributed by atoms with E-state index < -0.39 is 0 Å². The van der Waals surface area contributed by atoms with Crippen molar-refractivity contribution >= 4 is 28.7 Å². The van der Waals surface area contributed by atoms with Gasteiger partial charge in [0, 0.05) is 21.4 Å². The second-order valence-corrected chi connectivity index (χ2v) is 9.47. The molecule has 3 heterocycles. The zero-order valence-corrected chi connectivity index (χ0v) is 17.6. The lowest BCUT2D eigenvalue weighted by Gasteiger charge is -2.14. The fourth-order valence-corrected chi connectivity index (χ4v) is 6.71. The molecule has 2 unspecified atom stereocenters. The lowest BCUT2D eigenvalue weighted by Crippen LogP contribution is -2.06. The SMILES string of the molecule is C1=CC2Sc3c(-c4ccc5c6c(n(-c7ncn[nH]7)c5c4)C=CCC6)cccc3C2C=C1. The van der Waals surface area contributed by atoms with Crippen LogP contribution < -0.4 is 0 Å². The van der Waals surface area contributed by atoms with Crippen LogP contribution in [0.4, 0.5) is 0 Å². The molecule has 0 saturated heterocycles. The van der Waals surface area contributed by atoms with Gasteiger partial charge in [0.1, 0.15) is 6.33 Å². The molecule has 0 spiro atoms. The highest BCUT2D eigenvalue weighted by atomic mass is 32.2. The Morgan fingerprint density at radius 2 is 2.06 bits per heavy atom. The molecule has 0 amide bonds. The van der Waals surface area contributed by atoms with Gasteiger partial charge >= 0.3 is 0 Å². The summed E-state index contributed by atoms with van der Waals surface area (Å²) >= 11 is 1.99. The van der Waals surface area contributed by atoms with E-state index in [0.29, 0.717) is 11.2 Å². The van der Waals surface area contributed by atoms with Gasteiger partial charge in [0.15, 0.2) is 0 Å². The Morgan fingerprint density at radius 1 is 1.10 bits per heavy atom. The molecule has 150 valence electrons. The van der Waals surface area contributed by atoms with Crippen LogP contribution in [0.5, 0.6) is 0 Å². The third-order valence-electron chi connectivity index (χ3n) is 6.62. The van der Waals surface area contributed by atoms with Crippen LogP contribution in [0.2, 0.25) is 0 Å². The number of benzene rings is 2. The first-order valence-corrected chi connectivity index (χ1v) is 11.6. The maximum absolute atomic E-state index is 4.47. The van der Waals surface area contributed by atoms with Crippen molar-refractivity contribution in [3.05, 3.63) is 89.9 Å². The predicted octanol–water partition coefficient (Wildman–Crippen LogP) is 6.06. The number of aryl methyl sites for hydroxylation is 1. The van der Waals surface area contributed by atoms with Crippen molar-refractivity contribution in [3.8, 4) is 17.1 Å². The molecule has 4 nitrogen and oxygen atoms in total. The van der Waals surface area contributed by atoms with Crippen molar-refractivity contribution in [1.82, 2.24) is 19.7 Å². The maximum atomic E-state index is 4.47. The van der Waals surface area contributed by atoms with E-state index in [1.807, 2.05) is 11.8 Å². The standard InChI is InChI=1S/C26H20N4S/c1-3-10-22-18(6-1)19-13-12-16(14-23(19)30(22)26-27-15-28-29-26)17-8-5-9-21-20-7-2-4-11-24(20)31-25(17)21/h2-5,7-15,20,24H,1,6H2,(H,27,28,29). The number of thioether (sulfide) groups is 1. The Bertz CT molecular complexity index is 1420. The number of hydrogen-bond acceptors (Lipinski definition) is 3. The zero-order valence-electron chi connectivity index (χ0n) is 16.8. The lowest BCUT2D eigenvalue weighted by molar-refractivity contribution is 0.881. The molecule has 0 bridgehead atoms. The number of aromatic nitrogens is 4. The molecule has 0 radical (unpaired) electrons. The number of fused-ring (bicyclic) bond motifs is 6. The monoisotopic (exact) mass is 420 g/mol. The normalized spacial score (nSPS) is 20.8. The number of hydrogen-bond donors (Lipinski definition) is 1. The van der Waals surface area contributed by atoms with Gasteiger partial charge in [-0.05, 0) is 47.2 Å².